The SMILES string of the molecule is CN(c1ccc(OCC(=O)NCc2ccccc2)cc1)S(=O)(=O)c1cccs1. The topological polar surface area (TPSA) is 75.7 Å². The molecule has 0 unspecified atom stereocenters. The number of ether oxygens (including phenoxy) is 1. The van der Waals surface area contributed by atoms with Gasteiger partial charge in [0.2, 0.25) is 0 Å². The summed E-state index contributed by atoms with van der Waals surface area (Å²) in [7, 11) is -2.07. The number of thiophene rings is 1. The van der Waals surface area contributed by atoms with Crippen molar-refractivity contribution in [2.75, 3.05) is 18.0 Å². The summed E-state index contributed by atoms with van der Waals surface area (Å²) in [5.74, 6) is 0.255. The third-order valence-electron chi connectivity index (χ3n) is 4.01. The molecule has 0 atom stereocenters. The Morgan fingerprint density at radius 3 is 2.39 bits per heavy atom. The Bertz CT molecular complexity index is 1000. The van der Waals surface area contributed by atoms with Gasteiger partial charge in [-0.05, 0) is 41.3 Å². The molecule has 8 heteroatoms. The maximum absolute atomic E-state index is 12.5. The van der Waals surface area contributed by atoms with E-state index in [2.05, 4.69) is 5.32 Å². The number of carbonyl (C=O) groups is 1. The monoisotopic (exact) mass is 416 g/mol. The lowest BCUT2D eigenvalue weighted by molar-refractivity contribution is -0.123. The predicted octanol–water partition coefficient (Wildman–Crippen LogP) is 3.27. The predicted molar refractivity (Wildman–Crippen MR) is 110 cm³/mol. The van der Waals surface area contributed by atoms with Gasteiger partial charge in [0, 0.05) is 13.6 Å². The summed E-state index contributed by atoms with van der Waals surface area (Å²) in [6.07, 6.45) is 0. The molecule has 0 spiro atoms. The van der Waals surface area contributed by atoms with Crippen molar-refractivity contribution in [2.24, 2.45) is 0 Å². The molecule has 0 fully saturated rings. The molecule has 0 saturated heterocycles. The van der Waals surface area contributed by atoms with Crippen molar-refractivity contribution < 1.29 is 17.9 Å². The number of benzene rings is 2. The number of amides is 1. The summed E-state index contributed by atoms with van der Waals surface area (Å²) < 4.78 is 32.0. The Labute approximate surface area is 168 Å². The fraction of sp³-hybridized carbons (Fsp3) is 0.150. The van der Waals surface area contributed by atoms with Crippen LogP contribution in [0.25, 0.3) is 0 Å². The zero-order valence-electron chi connectivity index (χ0n) is 15.2. The molecule has 3 aromatic rings. The Kier molecular flexibility index (Phi) is 6.33. The van der Waals surface area contributed by atoms with E-state index in [1.54, 1.807) is 41.8 Å². The summed E-state index contributed by atoms with van der Waals surface area (Å²) >= 11 is 1.17. The fourth-order valence-corrected chi connectivity index (χ4v) is 4.79. The van der Waals surface area contributed by atoms with Gasteiger partial charge in [0.05, 0.1) is 5.69 Å². The maximum Gasteiger partial charge on any atom is 0.273 e. The summed E-state index contributed by atoms with van der Waals surface area (Å²) in [4.78, 5) is 11.9. The van der Waals surface area contributed by atoms with Gasteiger partial charge in [-0.15, -0.1) is 11.3 Å². The normalized spacial score (nSPS) is 11.0. The van der Waals surface area contributed by atoms with Crippen molar-refractivity contribution in [1.29, 1.82) is 0 Å². The van der Waals surface area contributed by atoms with Crippen molar-refractivity contribution >= 4 is 33.0 Å². The molecule has 0 aliphatic rings. The van der Waals surface area contributed by atoms with Gasteiger partial charge >= 0.3 is 0 Å². The second kappa shape index (κ2) is 8.90. The lowest BCUT2D eigenvalue weighted by Gasteiger charge is -2.18. The number of nitrogens with zero attached hydrogens (tertiary/aromatic N) is 1. The van der Waals surface area contributed by atoms with Crippen LogP contribution in [0.2, 0.25) is 0 Å². The molecule has 0 saturated carbocycles. The highest BCUT2D eigenvalue weighted by Gasteiger charge is 2.22. The van der Waals surface area contributed by atoms with E-state index in [-0.39, 0.29) is 16.7 Å². The number of sulfonamides is 1. The average Bonchev–Trinajstić information content (AvgIpc) is 3.27. The quantitative estimate of drug-likeness (QED) is 0.612. The first kappa shape index (κ1) is 19.9. The lowest BCUT2D eigenvalue weighted by atomic mass is 10.2. The summed E-state index contributed by atoms with van der Waals surface area (Å²) in [6.45, 7) is 0.322. The second-order valence-corrected chi connectivity index (χ2v) is 9.09. The number of anilines is 1. The molecule has 1 aromatic heterocycles. The van der Waals surface area contributed by atoms with Crippen molar-refractivity contribution in [2.45, 2.75) is 10.8 Å². The fourth-order valence-electron chi connectivity index (χ4n) is 2.43. The van der Waals surface area contributed by atoms with E-state index in [1.165, 1.54) is 22.7 Å². The van der Waals surface area contributed by atoms with Crippen LogP contribution in [0.5, 0.6) is 5.75 Å². The van der Waals surface area contributed by atoms with Crippen LogP contribution in [0, 0.1) is 0 Å². The van der Waals surface area contributed by atoms with Crippen LogP contribution >= 0.6 is 11.3 Å². The Hall–Kier alpha value is -2.84. The molecule has 28 heavy (non-hydrogen) atoms. The second-order valence-electron chi connectivity index (χ2n) is 5.95. The number of carbonyl (C=O) groups excluding carboxylic acids is 1. The number of rotatable bonds is 8. The van der Waals surface area contributed by atoms with Crippen LogP contribution in [0.1, 0.15) is 5.56 Å². The Morgan fingerprint density at radius 2 is 1.75 bits per heavy atom. The van der Waals surface area contributed by atoms with Crippen LogP contribution in [0.3, 0.4) is 0 Å². The number of nitrogens with one attached hydrogen (secondary N) is 1. The van der Waals surface area contributed by atoms with E-state index >= 15 is 0 Å². The van der Waals surface area contributed by atoms with Crippen LogP contribution in [0.4, 0.5) is 5.69 Å². The largest absolute Gasteiger partial charge is 0.484 e. The van der Waals surface area contributed by atoms with E-state index in [0.29, 0.717) is 18.0 Å². The van der Waals surface area contributed by atoms with Gasteiger partial charge in [-0.1, -0.05) is 36.4 Å². The van der Waals surface area contributed by atoms with Gasteiger partial charge < -0.3 is 10.1 Å². The third kappa shape index (κ3) is 4.90. The highest BCUT2D eigenvalue weighted by Crippen LogP contribution is 2.26. The molecule has 1 N–H and O–H groups in total. The van der Waals surface area contributed by atoms with Gasteiger partial charge in [-0.3, -0.25) is 9.10 Å². The van der Waals surface area contributed by atoms with Crippen molar-refractivity contribution in [3.63, 3.8) is 0 Å². The molecular formula is C20H20N2O4S2. The first-order valence-corrected chi connectivity index (χ1v) is 10.8. The molecule has 146 valence electrons. The van der Waals surface area contributed by atoms with Crippen LogP contribution in [0.15, 0.2) is 76.3 Å². The Morgan fingerprint density at radius 1 is 1.04 bits per heavy atom. The van der Waals surface area contributed by atoms with Crippen LogP contribution in [-0.4, -0.2) is 28.0 Å². The average molecular weight is 417 g/mol. The van der Waals surface area contributed by atoms with Crippen molar-refractivity contribution in [3.8, 4) is 5.75 Å². The van der Waals surface area contributed by atoms with Crippen molar-refractivity contribution in [3.05, 3.63) is 77.7 Å². The molecular weight excluding hydrogens is 396 g/mol. The summed E-state index contributed by atoms with van der Waals surface area (Å²) in [6, 6.07) is 19.4. The zero-order valence-corrected chi connectivity index (χ0v) is 16.9. The van der Waals surface area contributed by atoms with Crippen molar-refractivity contribution in [1.82, 2.24) is 5.32 Å². The molecule has 1 amide bonds. The summed E-state index contributed by atoms with van der Waals surface area (Å²) in [5.41, 5.74) is 1.52. The molecule has 0 aliphatic carbocycles. The maximum atomic E-state index is 12.5. The first-order chi connectivity index (χ1) is 13.5. The minimum atomic E-state index is -3.57. The van der Waals surface area contributed by atoms with E-state index < -0.39 is 10.0 Å². The van der Waals surface area contributed by atoms with Gasteiger partial charge in [0.25, 0.3) is 15.9 Å². The number of hydrogen-bond acceptors (Lipinski definition) is 5. The third-order valence-corrected chi connectivity index (χ3v) is 7.17. The molecule has 0 aliphatic heterocycles. The Balaban J connectivity index is 1.53. The van der Waals surface area contributed by atoms with E-state index in [9.17, 15) is 13.2 Å². The van der Waals surface area contributed by atoms with E-state index in [1.807, 2.05) is 30.3 Å². The molecule has 2 aromatic carbocycles. The van der Waals surface area contributed by atoms with Crippen LogP contribution < -0.4 is 14.4 Å². The summed E-state index contributed by atoms with van der Waals surface area (Å²) in [5, 5.41) is 4.51. The molecule has 3 rings (SSSR count). The van der Waals surface area contributed by atoms with E-state index in [4.69, 9.17) is 4.74 Å². The van der Waals surface area contributed by atoms with Gasteiger partial charge in [0.1, 0.15) is 9.96 Å². The molecule has 0 bridgehead atoms. The highest BCUT2D eigenvalue weighted by molar-refractivity contribution is 7.94. The first-order valence-electron chi connectivity index (χ1n) is 8.53. The van der Waals surface area contributed by atoms with Gasteiger partial charge in [-0.2, -0.15) is 0 Å². The van der Waals surface area contributed by atoms with Crippen LogP contribution in [-0.2, 0) is 21.4 Å². The smallest absolute Gasteiger partial charge is 0.273 e. The molecule has 6 nitrogen and oxygen atoms in total. The standard InChI is InChI=1S/C20H20N2O4S2/c1-22(28(24,25)20-8-5-13-27-20)17-9-11-18(12-10-17)26-15-19(23)21-14-16-6-3-2-4-7-16/h2-13H,14-15H2,1H3,(H,21,23). The zero-order chi connectivity index (χ0) is 20.0. The minimum Gasteiger partial charge on any atom is -0.484 e. The lowest BCUT2D eigenvalue weighted by Crippen LogP contribution is -2.28. The van der Waals surface area contributed by atoms with E-state index in [0.717, 1.165) is 5.56 Å². The molecule has 1 heterocycles. The van der Waals surface area contributed by atoms with Gasteiger partial charge in [-0.25, -0.2) is 8.42 Å². The number of hydrogen-bond donors (Lipinski definition) is 1. The molecule has 0 radical (unpaired) electrons. The minimum absolute atomic E-state index is 0.116. The highest BCUT2D eigenvalue weighted by atomic mass is 32.2. The van der Waals surface area contributed by atoms with Gasteiger partial charge in [0.15, 0.2) is 6.61 Å².